The summed E-state index contributed by atoms with van der Waals surface area (Å²) in [6.45, 7) is 0.441. The monoisotopic (exact) mass is 226 g/mol. The molecule has 1 amide bonds. The summed E-state index contributed by atoms with van der Waals surface area (Å²) in [5, 5.41) is 13.0. The summed E-state index contributed by atoms with van der Waals surface area (Å²) in [6.07, 6.45) is 2.98. The number of carbonyl (C=O) groups excluding carboxylic acids is 1. The number of nitrogens with zero attached hydrogens (tertiary/aromatic N) is 3. The summed E-state index contributed by atoms with van der Waals surface area (Å²) in [7, 11) is 0. The lowest BCUT2D eigenvalue weighted by Crippen LogP contribution is -2.09. The average Bonchev–Trinajstić information content (AvgIpc) is 2.78. The predicted molar refractivity (Wildman–Crippen MR) is 61.0 cm³/mol. The summed E-state index contributed by atoms with van der Waals surface area (Å²) in [4.78, 5) is 10.9. The van der Waals surface area contributed by atoms with Crippen LogP contribution in [-0.4, -0.2) is 15.7 Å². The average molecular weight is 226 g/mol. The van der Waals surface area contributed by atoms with E-state index in [-0.39, 0.29) is 0 Å². The van der Waals surface area contributed by atoms with Crippen LogP contribution in [0, 0.1) is 11.3 Å². The van der Waals surface area contributed by atoms with Gasteiger partial charge in [-0.15, -0.1) is 0 Å². The van der Waals surface area contributed by atoms with Crippen molar-refractivity contribution in [2.45, 2.75) is 6.54 Å². The fraction of sp³-hybridized carbons (Fsp3) is 0.0833. The van der Waals surface area contributed by atoms with Crippen molar-refractivity contribution in [1.29, 1.82) is 5.26 Å². The second-order valence-electron chi connectivity index (χ2n) is 3.56. The Morgan fingerprint density at radius 2 is 2.24 bits per heavy atom. The highest BCUT2D eigenvalue weighted by molar-refractivity contribution is 5.92. The Morgan fingerprint density at radius 3 is 2.88 bits per heavy atom. The molecule has 0 bridgehead atoms. The number of primary amides is 1. The van der Waals surface area contributed by atoms with Crippen molar-refractivity contribution >= 4 is 5.91 Å². The molecule has 0 fully saturated rings. The van der Waals surface area contributed by atoms with E-state index < -0.39 is 5.91 Å². The molecule has 84 valence electrons. The van der Waals surface area contributed by atoms with Crippen LogP contribution < -0.4 is 5.73 Å². The van der Waals surface area contributed by atoms with Crippen LogP contribution in [0.5, 0.6) is 0 Å². The van der Waals surface area contributed by atoms with Crippen molar-refractivity contribution in [1.82, 2.24) is 9.78 Å². The first-order chi connectivity index (χ1) is 8.20. The highest BCUT2D eigenvalue weighted by Gasteiger charge is 2.06. The Balaban J connectivity index is 2.26. The first-order valence-electron chi connectivity index (χ1n) is 5.01. The maximum atomic E-state index is 10.9. The molecule has 0 unspecified atom stereocenters. The highest BCUT2D eigenvalue weighted by Crippen LogP contribution is 2.09. The van der Waals surface area contributed by atoms with Crippen LogP contribution in [-0.2, 0) is 6.54 Å². The van der Waals surface area contributed by atoms with Crippen LogP contribution in [0.3, 0.4) is 0 Å². The predicted octanol–water partition coefficient (Wildman–Crippen LogP) is 0.902. The van der Waals surface area contributed by atoms with Crippen LogP contribution in [0.4, 0.5) is 0 Å². The molecular weight excluding hydrogens is 216 g/mol. The number of benzene rings is 1. The standard InChI is InChI=1S/C12H10N4O/c13-5-9-3-1-2-4-10(9)7-16-8-11(6-15-16)12(14)17/h1-4,6,8H,7H2,(H2,14,17). The molecule has 5 heteroatoms. The van der Waals surface area contributed by atoms with Gasteiger partial charge in [0.2, 0.25) is 0 Å². The first kappa shape index (κ1) is 10.9. The van der Waals surface area contributed by atoms with Crippen molar-refractivity contribution in [2.24, 2.45) is 5.73 Å². The van der Waals surface area contributed by atoms with E-state index in [1.165, 1.54) is 6.20 Å². The number of nitrogens with two attached hydrogens (primary N) is 1. The minimum absolute atomic E-state index is 0.361. The summed E-state index contributed by atoms with van der Waals surface area (Å²) in [6, 6.07) is 9.37. The maximum Gasteiger partial charge on any atom is 0.251 e. The Labute approximate surface area is 98.1 Å². The lowest BCUT2D eigenvalue weighted by molar-refractivity contribution is 0.1000. The topological polar surface area (TPSA) is 84.7 Å². The number of nitriles is 1. The fourth-order valence-electron chi connectivity index (χ4n) is 1.52. The highest BCUT2D eigenvalue weighted by atomic mass is 16.1. The zero-order valence-corrected chi connectivity index (χ0v) is 9.00. The molecule has 2 aromatic rings. The van der Waals surface area contributed by atoms with Gasteiger partial charge in [0, 0.05) is 6.20 Å². The van der Waals surface area contributed by atoms with Crippen LogP contribution in [0.1, 0.15) is 21.5 Å². The molecule has 0 atom stereocenters. The third-order valence-corrected chi connectivity index (χ3v) is 2.39. The van der Waals surface area contributed by atoms with Crippen molar-refractivity contribution in [3.8, 4) is 6.07 Å². The molecule has 0 spiro atoms. The molecule has 0 saturated carbocycles. The van der Waals surface area contributed by atoms with Gasteiger partial charge in [-0.05, 0) is 11.6 Å². The molecule has 0 saturated heterocycles. The first-order valence-corrected chi connectivity index (χ1v) is 5.01. The molecule has 2 N–H and O–H groups in total. The SMILES string of the molecule is N#Cc1ccccc1Cn1cc(C(N)=O)cn1. The zero-order chi connectivity index (χ0) is 12.3. The molecule has 5 nitrogen and oxygen atoms in total. The van der Waals surface area contributed by atoms with Gasteiger partial charge in [-0.25, -0.2) is 0 Å². The molecule has 2 rings (SSSR count). The minimum atomic E-state index is -0.509. The fourth-order valence-corrected chi connectivity index (χ4v) is 1.52. The van der Waals surface area contributed by atoms with Crippen molar-refractivity contribution in [2.75, 3.05) is 0 Å². The van der Waals surface area contributed by atoms with E-state index in [4.69, 9.17) is 11.0 Å². The van der Waals surface area contributed by atoms with E-state index in [9.17, 15) is 4.79 Å². The van der Waals surface area contributed by atoms with Crippen LogP contribution in [0.25, 0.3) is 0 Å². The van der Waals surface area contributed by atoms with E-state index >= 15 is 0 Å². The Morgan fingerprint density at radius 1 is 1.47 bits per heavy atom. The van der Waals surface area contributed by atoms with Gasteiger partial charge in [-0.1, -0.05) is 18.2 Å². The van der Waals surface area contributed by atoms with Gasteiger partial charge in [0.05, 0.1) is 29.9 Å². The summed E-state index contributed by atoms with van der Waals surface area (Å²) < 4.78 is 1.58. The number of hydrogen-bond donors (Lipinski definition) is 1. The maximum absolute atomic E-state index is 10.9. The van der Waals surface area contributed by atoms with Crippen molar-refractivity contribution < 1.29 is 4.79 Å². The number of hydrogen-bond acceptors (Lipinski definition) is 3. The summed E-state index contributed by atoms with van der Waals surface area (Å²) >= 11 is 0. The van der Waals surface area contributed by atoms with Crippen molar-refractivity contribution in [3.05, 3.63) is 53.3 Å². The summed E-state index contributed by atoms with van der Waals surface area (Å²) in [5.74, 6) is -0.509. The Bertz CT molecular complexity index is 595. The van der Waals surface area contributed by atoms with Crippen LogP contribution in [0.2, 0.25) is 0 Å². The molecule has 0 radical (unpaired) electrons. The molecular formula is C12H10N4O. The second kappa shape index (κ2) is 4.49. The van der Waals surface area contributed by atoms with Gasteiger partial charge in [0.1, 0.15) is 0 Å². The molecule has 1 aromatic heterocycles. The van der Waals surface area contributed by atoms with E-state index in [0.717, 1.165) is 5.56 Å². The van der Waals surface area contributed by atoms with Gasteiger partial charge in [0.15, 0.2) is 0 Å². The molecule has 0 aliphatic rings. The van der Waals surface area contributed by atoms with E-state index in [2.05, 4.69) is 11.2 Å². The summed E-state index contributed by atoms with van der Waals surface area (Å²) in [5.41, 5.74) is 6.95. The second-order valence-corrected chi connectivity index (χ2v) is 3.56. The number of carbonyl (C=O) groups is 1. The van der Waals surface area contributed by atoms with Crippen LogP contribution in [0.15, 0.2) is 36.7 Å². The minimum Gasteiger partial charge on any atom is -0.366 e. The molecule has 17 heavy (non-hydrogen) atoms. The third-order valence-electron chi connectivity index (χ3n) is 2.39. The zero-order valence-electron chi connectivity index (χ0n) is 9.00. The molecule has 0 aliphatic carbocycles. The lowest BCUT2D eigenvalue weighted by Gasteiger charge is -2.03. The van der Waals surface area contributed by atoms with E-state index in [1.54, 1.807) is 23.0 Å². The van der Waals surface area contributed by atoms with E-state index in [1.807, 2.05) is 12.1 Å². The van der Waals surface area contributed by atoms with Gasteiger partial charge < -0.3 is 5.73 Å². The molecule has 0 aliphatic heterocycles. The normalized spacial score (nSPS) is 9.82. The third kappa shape index (κ3) is 2.32. The van der Waals surface area contributed by atoms with Gasteiger partial charge in [0.25, 0.3) is 5.91 Å². The Hall–Kier alpha value is -2.61. The lowest BCUT2D eigenvalue weighted by atomic mass is 10.1. The Kier molecular flexibility index (Phi) is 2.88. The van der Waals surface area contributed by atoms with E-state index in [0.29, 0.717) is 17.7 Å². The van der Waals surface area contributed by atoms with Crippen LogP contribution >= 0.6 is 0 Å². The molecule has 1 aromatic carbocycles. The van der Waals surface area contributed by atoms with Gasteiger partial charge in [-0.2, -0.15) is 10.4 Å². The smallest absolute Gasteiger partial charge is 0.251 e. The largest absolute Gasteiger partial charge is 0.366 e. The number of rotatable bonds is 3. The number of amides is 1. The molecule has 1 heterocycles. The van der Waals surface area contributed by atoms with Gasteiger partial charge >= 0.3 is 0 Å². The number of aromatic nitrogens is 2. The quantitative estimate of drug-likeness (QED) is 0.843. The van der Waals surface area contributed by atoms with Crippen molar-refractivity contribution in [3.63, 3.8) is 0 Å². The van der Waals surface area contributed by atoms with Gasteiger partial charge in [-0.3, -0.25) is 9.48 Å².